The van der Waals surface area contributed by atoms with Crippen molar-refractivity contribution in [1.29, 1.82) is 0 Å². The van der Waals surface area contributed by atoms with Gasteiger partial charge in [0.2, 0.25) is 0 Å². The quantitative estimate of drug-likeness (QED) is 0.598. The second-order valence-corrected chi connectivity index (χ2v) is 1.29. The van der Waals surface area contributed by atoms with Gasteiger partial charge in [0.1, 0.15) is 0 Å². The fourth-order valence-corrected chi connectivity index (χ4v) is 0.214. The van der Waals surface area contributed by atoms with Gasteiger partial charge in [-0.25, -0.2) is 0 Å². The monoisotopic (exact) mass is 181 g/mol. The van der Waals surface area contributed by atoms with E-state index in [1.165, 1.54) is 0 Å². The van der Waals surface area contributed by atoms with Crippen LogP contribution in [0.15, 0.2) is 0 Å². The normalized spacial score (nSPS) is 7.56. The molecule has 0 unspecified atom stereocenters. The van der Waals surface area contributed by atoms with Crippen molar-refractivity contribution in [3.63, 3.8) is 0 Å². The van der Waals surface area contributed by atoms with Crippen molar-refractivity contribution in [3.8, 4) is 0 Å². The Morgan fingerprint density at radius 2 is 1.22 bits per heavy atom. The van der Waals surface area contributed by atoms with E-state index in [4.69, 9.17) is 10.2 Å². The minimum Gasteiger partial charge on any atom is -0.481 e. The van der Waals surface area contributed by atoms with Gasteiger partial charge < -0.3 is 10.2 Å². The van der Waals surface area contributed by atoms with E-state index < -0.39 is 11.9 Å². The summed E-state index contributed by atoms with van der Waals surface area (Å²) < 4.78 is 0. The molecule has 0 aromatic rings. The average molecular weight is 182 g/mol. The van der Waals surface area contributed by atoms with Crippen LogP contribution in [0.1, 0.15) is 12.8 Å². The van der Waals surface area contributed by atoms with Gasteiger partial charge in [-0.15, -0.1) is 0 Å². The molecule has 0 aromatic heterocycles. The molecule has 0 radical (unpaired) electrons. The van der Waals surface area contributed by atoms with E-state index in [1.807, 2.05) is 0 Å². The van der Waals surface area contributed by atoms with Gasteiger partial charge in [-0.05, 0) is 0 Å². The van der Waals surface area contributed by atoms with Crippen LogP contribution in [0.5, 0.6) is 0 Å². The van der Waals surface area contributed by atoms with E-state index >= 15 is 0 Å². The summed E-state index contributed by atoms with van der Waals surface area (Å²) in [4.78, 5) is 19.3. The number of rotatable bonds is 3. The Morgan fingerprint density at radius 1 is 1.00 bits per heavy atom. The third kappa shape index (κ3) is 11.2. The molecule has 5 heteroatoms. The van der Waals surface area contributed by atoms with Gasteiger partial charge in [0.25, 0.3) is 0 Å². The first-order valence-electron chi connectivity index (χ1n) is 2.06. The van der Waals surface area contributed by atoms with E-state index in [0.29, 0.717) is 0 Å². The third-order valence-electron chi connectivity index (χ3n) is 0.553. The summed E-state index contributed by atoms with van der Waals surface area (Å²) in [6.45, 7) is 0. The summed E-state index contributed by atoms with van der Waals surface area (Å²) in [5, 5.41) is 15.8. The Balaban J connectivity index is 0. The average Bonchev–Trinajstić information content (AvgIpc) is 1.61. The largest absolute Gasteiger partial charge is 1.00 e. The number of carboxylic acids is 2. The summed E-state index contributed by atoms with van der Waals surface area (Å²) in [5.41, 5.74) is 0. The molecular formula is C4H6CuO4+. The zero-order valence-corrected chi connectivity index (χ0v) is 5.37. The van der Waals surface area contributed by atoms with Crippen LogP contribution >= 0.6 is 0 Å². The van der Waals surface area contributed by atoms with Crippen LogP contribution in [0, 0.1) is 0 Å². The van der Waals surface area contributed by atoms with E-state index in [-0.39, 0.29) is 29.9 Å². The predicted molar refractivity (Wildman–Crippen MR) is 24.5 cm³/mol. The number of hydrogen-bond acceptors (Lipinski definition) is 2. The summed E-state index contributed by atoms with van der Waals surface area (Å²) >= 11 is 0. The van der Waals surface area contributed by atoms with Crippen LogP contribution in [0.3, 0.4) is 0 Å². The van der Waals surface area contributed by atoms with Crippen LogP contribution in [0.25, 0.3) is 0 Å². The Bertz CT molecular complexity index is 97.1. The Kier molecular flexibility index (Phi) is 7.01. The van der Waals surface area contributed by atoms with Gasteiger partial charge in [0.05, 0.1) is 12.8 Å². The second-order valence-electron chi connectivity index (χ2n) is 1.29. The van der Waals surface area contributed by atoms with E-state index in [9.17, 15) is 9.59 Å². The van der Waals surface area contributed by atoms with Crippen molar-refractivity contribution in [3.05, 3.63) is 0 Å². The van der Waals surface area contributed by atoms with E-state index in [1.54, 1.807) is 0 Å². The molecule has 0 bridgehead atoms. The smallest absolute Gasteiger partial charge is 0.481 e. The molecule has 0 rings (SSSR count). The minimum atomic E-state index is -1.08. The molecule has 0 fully saturated rings. The Labute approximate surface area is 62.3 Å². The zero-order valence-electron chi connectivity index (χ0n) is 4.43. The standard InChI is InChI=1S/C4H6O4.Cu/c5-3(6)1-2-4(7)8;/h1-2H2,(H,5,6)(H,7,8);/q;+1. The summed E-state index contributed by atoms with van der Waals surface area (Å²) in [7, 11) is 0. The molecular weight excluding hydrogens is 176 g/mol. The molecule has 0 aliphatic carbocycles. The SMILES string of the molecule is O=C(O)CCC(=O)O.[Cu+]. The van der Waals surface area contributed by atoms with Crippen LogP contribution in [0.4, 0.5) is 0 Å². The molecule has 0 saturated carbocycles. The molecule has 9 heavy (non-hydrogen) atoms. The van der Waals surface area contributed by atoms with Gasteiger partial charge in [-0.1, -0.05) is 0 Å². The Morgan fingerprint density at radius 3 is 1.33 bits per heavy atom. The molecule has 0 aromatic carbocycles. The van der Waals surface area contributed by atoms with Gasteiger partial charge in [0, 0.05) is 0 Å². The number of hydrogen-bond donors (Lipinski definition) is 2. The maximum absolute atomic E-state index is 9.64. The summed E-state index contributed by atoms with van der Waals surface area (Å²) in [6, 6.07) is 0. The van der Waals surface area contributed by atoms with Gasteiger partial charge in [-0.2, -0.15) is 0 Å². The fourth-order valence-electron chi connectivity index (χ4n) is 0.214. The molecule has 0 aliphatic heterocycles. The molecule has 0 saturated heterocycles. The van der Waals surface area contributed by atoms with Crippen molar-refractivity contribution in [2.24, 2.45) is 0 Å². The third-order valence-corrected chi connectivity index (χ3v) is 0.553. The molecule has 4 nitrogen and oxygen atoms in total. The molecule has 0 amide bonds. The predicted octanol–water partition coefficient (Wildman–Crippen LogP) is -0.0667. The fraction of sp³-hybridized carbons (Fsp3) is 0.500. The molecule has 2 N–H and O–H groups in total. The van der Waals surface area contributed by atoms with Crippen molar-refractivity contribution >= 4 is 11.9 Å². The van der Waals surface area contributed by atoms with E-state index in [2.05, 4.69) is 0 Å². The van der Waals surface area contributed by atoms with Crippen molar-refractivity contribution < 1.29 is 36.9 Å². The second kappa shape index (κ2) is 5.59. The van der Waals surface area contributed by atoms with Crippen LogP contribution in [-0.4, -0.2) is 22.2 Å². The zero-order chi connectivity index (χ0) is 6.57. The van der Waals surface area contributed by atoms with Gasteiger partial charge in [0.15, 0.2) is 0 Å². The number of carboxylic acid groups (broad SMARTS) is 2. The number of aliphatic carboxylic acids is 2. The van der Waals surface area contributed by atoms with Gasteiger partial charge >= 0.3 is 29.0 Å². The van der Waals surface area contributed by atoms with Crippen molar-refractivity contribution in [1.82, 2.24) is 0 Å². The molecule has 0 heterocycles. The Hall–Kier alpha value is -0.541. The molecule has 56 valence electrons. The first-order valence-corrected chi connectivity index (χ1v) is 2.06. The minimum absolute atomic E-state index is 0. The van der Waals surface area contributed by atoms with Crippen LogP contribution in [-0.2, 0) is 26.7 Å². The van der Waals surface area contributed by atoms with Crippen LogP contribution in [0.2, 0.25) is 0 Å². The summed E-state index contributed by atoms with van der Waals surface area (Å²) in [5.74, 6) is -2.15. The topological polar surface area (TPSA) is 74.6 Å². The molecule has 0 aliphatic rings. The van der Waals surface area contributed by atoms with Crippen molar-refractivity contribution in [2.45, 2.75) is 12.8 Å². The summed E-state index contributed by atoms with van der Waals surface area (Å²) in [6.07, 6.45) is -0.593. The van der Waals surface area contributed by atoms with E-state index in [0.717, 1.165) is 0 Å². The maximum Gasteiger partial charge on any atom is 1.00 e. The molecule has 0 atom stereocenters. The van der Waals surface area contributed by atoms with Crippen molar-refractivity contribution in [2.75, 3.05) is 0 Å². The van der Waals surface area contributed by atoms with Gasteiger partial charge in [-0.3, -0.25) is 9.59 Å². The van der Waals surface area contributed by atoms with Crippen LogP contribution < -0.4 is 0 Å². The first-order chi connectivity index (χ1) is 3.63. The first kappa shape index (κ1) is 11.3. The molecule has 0 spiro atoms. The number of carbonyl (C=O) groups is 2. The maximum atomic E-state index is 9.64.